The third kappa shape index (κ3) is 3.77. The second-order valence-electron chi connectivity index (χ2n) is 4.01. The van der Waals surface area contributed by atoms with Gasteiger partial charge < -0.3 is 0 Å². The van der Waals surface area contributed by atoms with Crippen LogP contribution in [0.3, 0.4) is 0 Å². The molecule has 0 N–H and O–H groups in total. The molecule has 0 bridgehead atoms. The van der Waals surface area contributed by atoms with Gasteiger partial charge in [-0.2, -0.15) is 0 Å². The van der Waals surface area contributed by atoms with E-state index in [2.05, 4.69) is 59.3 Å². The summed E-state index contributed by atoms with van der Waals surface area (Å²) < 4.78 is 1.56. The Morgan fingerprint density at radius 2 is 1.59 bits per heavy atom. The van der Waals surface area contributed by atoms with Crippen LogP contribution in [0.15, 0.2) is 54.6 Å². The molecule has 85 valence electrons. The van der Waals surface area contributed by atoms with Gasteiger partial charge in [-0.15, -0.1) is 0 Å². The van der Waals surface area contributed by atoms with Crippen molar-refractivity contribution in [2.45, 2.75) is 18.6 Å². The Bertz CT molecular complexity index is 453. The number of nitrogens with zero attached hydrogens (tertiary/aromatic N) is 1. The molecular formula is C15H16GaN-. The Morgan fingerprint density at radius 1 is 0.882 bits per heavy atom. The van der Waals surface area contributed by atoms with Gasteiger partial charge in [0, 0.05) is 0 Å². The Kier molecular flexibility index (Phi) is 4.92. The molecule has 17 heavy (non-hydrogen) atoms. The molecule has 0 saturated heterocycles. The number of rotatable bonds is 5. The van der Waals surface area contributed by atoms with Crippen LogP contribution in [-0.4, -0.2) is 17.4 Å². The van der Waals surface area contributed by atoms with Gasteiger partial charge in [-0.05, 0) is 0 Å². The maximum absolute atomic E-state index is 4.65. The van der Waals surface area contributed by atoms with Crippen molar-refractivity contribution in [1.29, 1.82) is 0 Å². The van der Waals surface area contributed by atoms with E-state index in [1.54, 1.807) is 4.12 Å². The summed E-state index contributed by atoms with van der Waals surface area (Å²) >= 11 is -0.235. The first-order valence-electron chi connectivity index (χ1n) is 5.94. The van der Waals surface area contributed by atoms with E-state index in [0.717, 1.165) is 13.1 Å². The van der Waals surface area contributed by atoms with Gasteiger partial charge in [-0.25, -0.2) is 0 Å². The number of benzene rings is 2. The Labute approximate surface area is 111 Å². The van der Waals surface area contributed by atoms with Gasteiger partial charge in [0.1, 0.15) is 0 Å². The summed E-state index contributed by atoms with van der Waals surface area (Å²) in [4.78, 5) is 0. The molecule has 0 atom stereocenters. The minimum absolute atomic E-state index is 0.235. The van der Waals surface area contributed by atoms with E-state index in [4.69, 9.17) is 0 Å². The van der Waals surface area contributed by atoms with Gasteiger partial charge in [-0.1, -0.05) is 0 Å². The third-order valence-electron chi connectivity index (χ3n) is 2.79. The molecule has 2 heteroatoms. The predicted molar refractivity (Wildman–Crippen MR) is 74.9 cm³/mol. The average Bonchev–Trinajstić information content (AvgIpc) is 2.40. The van der Waals surface area contributed by atoms with Crippen LogP contribution in [0, 0.1) is 0 Å². The topological polar surface area (TPSA) is 14.1 Å². The molecule has 0 saturated carbocycles. The van der Waals surface area contributed by atoms with E-state index >= 15 is 0 Å². The second kappa shape index (κ2) is 6.69. The van der Waals surface area contributed by atoms with E-state index in [1.165, 1.54) is 11.1 Å². The van der Waals surface area contributed by atoms with Crippen molar-refractivity contribution in [3.63, 3.8) is 0 Å². The van der Waals surface area contributed by atoms with Crippen molar-refractivity contribution in [3.05, 3.63) is 71.0 Å². The standard InChI is InChI=1S/C14H13N.CH3.Ga/c1-3-7-13(8-4-1)11-15-12-14-9-5-2-6-10-14;;/h1-9H,11-12H2;1H3;/q-1;;. The fourth-order valence-corrected chi connectivity index (χ4v) is 3.66. The van der Waals surface area contributed by atoms with Crippen molar-refractivity contribution < 1.29 is 0 Å². The first-order chi connectivity index (χ1) is 8.40. The number of hydrogen-bond acceptors (Lipinski definition) is 0. The van der Waals surface area contributed by atoms with E-state index in [0.29, 0.717) is 0 Å². The zero-order chi connectivity index (χ0) is 11.9. The quantitative estimate of drug-likeness (QED) is 0.747. The van der Waals surface area contributed by atoms with E-state index in [9.17, 15) is 0 Å². The van der Waals surface area contributed by atoms with Crippen molar-refractivity contribution in [2.24, 2.45) is 0 Å². The summed E-state index contributed by atoms with van der Waals surface area (Å²) in [6, 6.07) is 19.2. The van der Waals surface area contributed by atoms with Crippen LogP contribution in [0.1, 0.15) is 11.1 Å². The van der Waals surface area contributed by atoms with Crippen LogP contribution in [0.25, 0.3) is 5.32 Å². The maximum atomic E-state index is 4.65. The first-order valence-corrected chi connectivity index (χ1v) is 9.58. The average molecular weight is 280 g/mol. The van der Waals surface area contributed by atoms with Crippen molar-refractivity contribution in [2.75, 3.05) is 0 Å². The van der Waals surface area contributed by atoms with Crippen LogP contribution in [0.5, 0.6) is 0 Å². The van der Waals surface area contributed by atoms with Gasteiger partial charge in [0.2, 0.25) is 0 Å². The summed E-state index contributed by atoms with van der Waals surface area (Å²) in [6.07, 6.45) is 0. The molecule has 1 nitrogen and oxygen atoms in total. The van der Waals surface area contributed by atoms with E-state index in [-0.39, 0.29) is 17.4 Å². The Morgan fingerprint density at radius 3 is 2.35 bits per heavy atom. The molecule has 0 aliphatic rings. The van der Waals surface area contributed by atoms with Crippen molar-refractivity contribution in [3.8, 4) is 0 Å². The summed E-state index contributed by atoms with van der Waals surface area (Å²) in [5.74, 6) is 0. The van der Waals surface area contributed by atoms with Gasteiger partial charge in [0.15, 0.2) is 0 Å². The normalized spacial score (nSPS) is 10.2. The molecule has 2 rings (SSSR count). The van der Waals surface area contributed by atoms with Crippen LogP contribution < -0.4 is 4.12 Å². The zero-order valence-electron chi connectivity index (χ0n) is 10.1. The molecule has 0 fully saturated rings. The molecule has 0 amide bonds. The summed E-state index contributed by atoms with van der Waals surface area (Å²) in [5, 5.41) is 4.65. The molecule has 0 aromatic heterocycles. The van der Waals surface area contributed by atoms with Gasteiger partial charge in [-0.3, -0.25) is 0 Å². The van der Waals surface area contributed by atoms with Gasteiger partial charge >= 0.3 is 111 Å². The first kappa shape index (κ1) is 12.5. The second-order valence-corrected chi connectivity index (χ2v) is 6.53. The fraction of sp³-hybridized carbons (Fsp3) is 0.200. The van der Waals surface area contributed by atoms with Crippen LogP contribution in [0.2, 0.25) is 5.48 Å². The molecule has 0 unspecified atom stereocenters. The molecular weight excluding hydrogens is 264 g/mol. The van der Waals surface area contributed by atoms with Crippen molar-refractivity contribution >= 4 is 21.5 Å². The van der Waals surface area contributed by atoms with E-state index in [1.807, 2.05) is 6.07 Å². The molecule has 0 aliphatic carbocycles. The molecule has 1 radical (unpaired) electrons. The minimum atomic E-state index is -0.235. The summed E-state index contributed by atoms with van der Waals surface area (Å²) in [7, 11) is 0. The van der Waals surface area contributed by atoms with Gasteiger partial charge in [0.05, 0.1) is 0 Å². The van der Waals surface area contributed by atoms with Crippen LogP contribution in [-0.2, 0) is 13.1 Å². The molecule has 0 spiro atoms. The third-order valence-corrected chi connectivity index (χ3v) is 5.27. The van der Waals surface area contributed by atoms with E-state index < -0.39 is 0 Å². The summed E-state index contributed by atoms with van der Waals surface area (Å²) in [5.41, 5.74) is 5.06. The molecule has 0 aliphatic heterocycles. The number of hydrogen-bond donors (Lipinski definition) is 0. The summed E-state index contributed by atoms with van der Waals surface area (Å²) in [6.45, 7) is 1.68. The van der Waals surface area contributed by atoms with Crippen LogP contribution >= 0.6 is 0 Å². The SMILES string of the molecule is [CH3][Ga][c]1ccccc1C[N-]Cc1ccccc1. The Hall–Kier alpha value is -0.964. The molecule has 2 aromatic rings. The fourth-order valence-electron chi connectivity index (χ4n) is 1.85. The zero-order valence-corrected chi connectivity index (χ0v) is 12.6. The Balaban J connectivity index is 1.90. The predicted octanol–water partition coefficient (Wildman–Crippen LogP) is 3.14. The van der Waals surface area contributed by atoms with Crippen molar-refractivity contribution in [1.82, 2.24) is 0 Å². The molecule has 0 heterocycles. The molecule has 2 aromatic carbocycles. The monoisotopic (exact) mass is 279 g/mol. The van der Waals surface area contributed by atoms with Crippen LogP contribution in [0.4, 0.5) is 0 Å². The van der Waals surface area contributed by atoms with Gasteiger partial charge in [0.25, 0.3) is 0 Å².